The summed E-state index contributed by atoms with van der Waals surface area (Å²) in [7, 11) is 4.21. The van der Waals surface area contributed by atoms with Crippen molar-refractivity contribution in [2.45, 2.75) is 39.5 Å². The van der Waals surface area contributed by atoms with Crippen molar-refractivity contribution in [3.05, 3.63) is 16.5 Å². The van der Waals surface area contributed by atoms with Crippen LogP contribution in [0.1, 0.15) is 39.9 Å². The second-order valence-corrected chi connectivity index (χ2v) is 7.17. The molecule has 0 N–H and O–H groups in total. The van der Waals surface area contributed by atoms with Crippen LogP contribution >= 0.6 is 15.9 Å². The highest BCUT2D eigenvalue weighted by Crippen LogP contribution is 2.24. The molecule has 114 valence electrons. The first-order chi connectivity index (χ1) is 9.24. The molecule has 0 bridgehead atoms. The summed E-state index contributed by atoms with van der Waals surface area (Å²) in [5.74, 6) is 1.89. The van der Waals surface area contributed by atoms with Crippen LogP contribution in [0.15, 0.2) is 10.7 Å². The Hall–Kier alpha value is -0.680. The first-order valence-corrected chi connectivity index (χ1v) is 7.98. The van der Waals surface area contributed by atoms with Gasteiger partial charge in [0.15, 0.2) is 0 Å². The third kappa shape index (κ3) is 5.37. The predicted molar refractivity (Wildman–Crippen MR) is 89.5 cm³/mol. The Morgan fingerprint density at radius 3 is 2.30 bits per heavy atom. The zero-order valence-electron chi connectivity index (χ0n) is 13.6. The van der Waals surface area contributed by atoms with E-state index in [1.54, 1.807) is 0 Å². The summed E-state index contributed by atoms with van der Waals surface area (Å²) in [6, 6.07) is 2.01. The third-order valence-corrected chi connectivity index (χ3v) is 3.50. The minimum atomic E-state index is -0.0401. The van der Waals surface area contributed by atoms with Crippen LogP contribution in [0.5, 0.6) is 0 Å². The lowest BCUT2D eigenvalue weighted by atomic mass is 9.96. The molecule has 0 aliphatic rings. The minimum absolute atomic E-state index is 0.0401. The van der Waals surface area contributed by atoms with Crippen molar-refractivity contribution in [1.29, 1.82) is 0 Å². The fraction of sp³-hybridized carbons (Fsp3) is 0.733. The molecule has 0 atom stereocenters. The van der Waals surface area contributed by atoms with Gasteiger partial charge in [-0.1, -0.05) is 20.8 Å². The SMILES string of the molecule is CCN(CCCN(C)C)c1cc(Br)nc(C(C)(C)C)n1. The van der Waals surface area contributed by atoms with Gasteiger partial charge in [-0.25, -0.2) is 9.97 Å². The molecular weight excluding hydrogens is 316 g/mol. The Bertz CT molecular complexity index is 426. The van der Waals surface area contributed by atoms with Crippen molar-refractivity contribution in [2.75, 3.05) is 38.6 Å². The number of hydrogen-bond acceptors (Lipinski definition) is 4. The second-order valence-electron chi connectivity index (χ2n) is 6.36. The van der Waals surface area contributed by atoms with Gasteiger partial charge in [-0.15, -0.1) is 0 Å². The normalized spacial score (nSPS) is 12.0. The van der Waals surface area contributed by atoms with E-state index in [0.717, 1.165) is 42.3 Å². The molecule has 0 fully saturated rings. The molecule has 1 aromatic rings. The highest BCUT2D eigenvalue weighted by Gasteiger charge is 2.20. The highest BCUT2D eigenvalue weighted by molar-refractivity contribution is 9.10. The van der Waals surface area contributed by atoms with E-state index in [1.165, 1.54) is 0 Å². The first kappa shape index (κ1) is 17.4. The lowest BCUT2D eigenvalue weighted by molar-refractivity contribution is 0.400. The molecule has 0 aliphatic heterocycles. The van der Waals surface area contributed by atoms with Gasteiger partial charge in [-0.05, 0) is 49.9 Å². The summed E-state index contributed by atoms with van der Waals surface area (Å²) < 4.78 is 0.860. The number of rotatable bonds is 6. The van der Waals surface area contributed by atoms with Crippen LogP contribution in [0.25, 0.3) is 0 Å². The number of anilines is 1. The van der Waals surface area contributed by atoms with Gasteiger partial charge in [0, 0.05) is 24.6 Å². The Labute approximate surface area is 131 Å². The summed E-state index contributed by atoms with van der Waals surface area (Å²) in [6.45, 7) is 11.7. The number of aromatic nitrogens is 2. The van der Waals surface area contributed by atoms with Gasteiger partial charge in [0.05, 0.1) is 0 Å². The molecule has 0 amide bonds. The van der Waals surface area contributed by atoms with Crippen molar-refractivity contribution < 1.29 is 0 Å². The van der Waals surface area contributed by atoms with E-state index < -0.39 is 0 Å². The van der Waals surface area contributed by atoms with Crippen molar-refractivity contribution in [3.63, 3.8) is 0 Å². The van der Waals surface area contributed by atoms with Gasteiger partial charge >= 0.3 is 0 Å². The summed E-state index contributed by atoms with van der Waals surface area (Å²) in [5, 5.41) is 0. The molecule has 20 heavy (non-hydrogen) atoms. The monoisotopic (exact) mass is 342 g/mol. The molecule has 0 radical (unpaired) electrons. The van der Waals surface area contributed by atoms with E-state index in [9.17, 15) is 0 Å². The first-order valence-electron chi connectivity index (χ1n) is 7.18. The maximum Gasteiger partial charge on any atom is 0.137 e. The Balaban J connectivity index is 2.89. The molecule has 0 spiro atoms. The maximum atomic E-state index is 4.74. The molecule has 0 unspecified atom stereocenters. The van der Waals surface area contributed by atoms with E-state index in [1.807, 2.05) is 6.07 Å². The van der Waals surface area contributed by atoms with Gasteiger partial charge in [0.25, 0.3) is 0 Å². The van der Waals surface area contributed by atoms with Gasteiger partial charge in [0.1, 0.15) is 16.2 Å². The van der Waals surface area contributed by atoms with Crippen LogP contribution in [-0.4, -0.2) is 48.6 Å². The van der Waals surface area contributed by atoms with Crippen LogP contribution in [-0.2, 0) is 5.41 Å². The maximum absolute atomic E-state index is 4.74. The Kier molecular flexibility index (Phi) is 6.40. The van der Waals surface area contributed by atoms with E-state index in [2.05, 4.69) is 72.5 Å². The van der Waals surface area contributed by atoms with Crippen LogP contribution in [0, 0.1) is 0 Å². The second kappa shape index (κ2) is 7.36. The Morgan fingerprint density at radius 1 is 1.15 bits per heavy atom. The topological polar surface area (TPSA) is 32.3 Å². The molecule has 1 heterocycles. The zero-order valence-corrected chi connectivity index (χ0v) is 15.2. The molecule has 5 heteroatoms. The summed E-state index contributed by atoms with van der Waals surface area (Å²) in [4.78, 5) is 13.8. The summed E-state index contributed by atoms with van der Waals surface area (Å²) in [6.07, 6.45) is 1.13. The van der Waals surface area contributed by atoms with E-state index in [0.29, 0.717) is 0 Å². The molecular formula is C15H27BrN4. The van der Waals surface area contributed by atoms with E-state index >= 15 is 0 Å². The van der Waals surface area contributed by atoms with Crippen molar-refractivity contribution in [2.24, 2.45) is 0 Å². The molecule has 0 aromatic carbocycles. The fourth-order valence-electron chi connectivity index (χ4n) is 1.92. The van der Waals surface area contributed by atoms with Crippen LogP contribution in [0.4, 0.5) is 5.82 Å². The van der Waals surface area contributed by atoms with Gasteiger partial charge in [-0.3, -0.25) is 0 Å². The lowest BCUT2D eigenvalue weighted by Crippen LogP contribution is -2.29. The van der Waals surface area contributed by atoms with Crippen LogP contribution in [0.3, 0.4) is 0 Å². The van der Waals surface area contributed by atoms with E-state index in [-0.39, 0.29) is 5.41 Å². The van der Waals surface area contributed by atoms with Crippen molar-refractivity contribution in [1.82, 2.24) is 14.9 Å². The quantitative estimate of drug-likeness (QED) is 0.742. The Morgan fingerprint density at radius 2 is 1.80 bits per heavy atom. The standard InChI is InChI=1S/C15H27BrN4/c1-7-20(10-8-9-19(5)6)13-11-12(16)17-14(18-13)15(2,3)4/h11H,7-10H2,1-6H3. The van der Waals surface area contributed by atoms with Gasteiger partial charge in [-0.2, -0.15) is 0 Å². The van der Waals surface area contributed by atoms with Gasteiger partial charge in [0.2, 0.25) is 0 Å². The molecule has 1 rings (SSSR count). The van der Waals surface area contributed by atoms with Gasteiger partial charge < -0.3 is 9.80 Å². The largest absolute Gasteiger partial charge is 0.357 e. The third-order valence-electron chi connectivity index (χ3n) is 3.09. The molecule has 1 aromatic heterocycles. The average Bonchev–Trinajstić information content (AvgIpc) is 2.32. The molecule has 0 saturated heterocycles. The minimum Gasteiger partial charge on any atom is -0.357 e. The molecule has 0 aliphatic carbocycles. The van der Waals surface area contributed by atoms with Crippen LogP contribution in [0.2, 0.25) is 0 Å². The van der Waals surface area contributed by atoms with Crippen LogP contribution < -0.4 is 4.90 Å². The smallest absolute Gasteiger partial charge is 0.137 e. The molecule has 4 nitrogen and oxygen atoms in total. The summed E-state index contributed by atoms with van der Waals surface area (Å²) >= 11 is 3.51. The summed E-state index contributed by atoms with van der Waals surface area (Å²) in [5.41, 5.74) is -0.0401. The van der Waals surface area contributed by atoms with Crippen molar-refractivity contribution >= 4 is 21.7 Å². The molecule has 0 saturated carbocycles. The zero-order chi connectivity index (χ0) is 15.3. The predicted octanol–water partition coefficient (Wildman–Crippen LogP) is 3.31. The number of nitrogens with zero attached hydrogens (tertiary/aromatic N) is 4. The fourth-order valence-corrected chi connectivity index (χ4v) is 2.29. The van der Waals surface area contributed by atoms with E-state index in [4.69, 9.17) is 4.98 Å². The van der Waals surface area contributed by atoms with Crippen molar-refractivity contribution in [3.8, 4) is 0 Å². The average molecular weight is 343 g/mol. The number of hydrogen-bond donors (Lipinski definition) is 0. The highest BCUT2D eigenvalue weighted by atomic mass is 79.9. The lowest BCUT2D eigenvalue weighted by Gasteiger charge is -2.25. The number of halogens is 1.